The Morgan fingerprint density at radius 2 is 1.83 bits per heavy atom. The van der Waals surface area contributed by atoms with Crippen LogP contribution in [0.15, 0.2) is 65.0 Å². The van der Waals surface area contributed by atoms with Crippen LogP contribution in [0.25, 0.3) is 21.3 Å². The lowest BCUT2D eigenvalue weighted by Crippen LogP contribution is -2.20. The first kappa shape index (κ1) is 19.2. The zero-order valence-corrected chi connectivity index (χ0v) is 17.2. The summed E-state index contributed by atoms with van der Waals surface area (Å²) in [6.07, 6.45) is 3.47. The van der Waals surface area contributed by atoms with Gasteiger partial charge in [-0.15, -0.1) is 11.3 Å². The topological polar surface area (TPSA) is 53.4 Å². The smallest absolute Gasteiger partial charge is 0.262 e. The SMILES string of the molecule is COc1ccc(-c2csc3ncn(CCCc4ccccc4)c(=O)c23)cc1OC. The average Bonchev–Trinajstić information content (AvgIpc) is 3.20. The molecule has 5 nitrogen and oxygen atoms in total. The highest BCUT2D eigenvalue weighted by Crippen LogP contribution is 2.36. The van der Waals surface area contributed by atoms with Crippen LogP contribution in [-0.2, 0) is 13.0 Å². The van der Waals surface area contributed by atoms with Gasteiger partial charge in [0.2, 0.25) is 0 Å². The molecule has 0 radical (unpaired) electrons. The van der Waals surface area contributed by atoms with E-state index < -0.39 is 0 Å². The van der Waals surface area contributed by atoms with Gasteiger partial charge < -0.3 is 9.47 Å². The summed E-state index contributed by atoms with van der Waals surface area (Å²) in [5.41, 5.74) is 3.06. The Morgan fingerprint density at radius 3 is 2.59 bits per heavy atom. The molecule has 0 fully saturated rings. The van der Waals surface area contributed by atoms with Crippen LogP contribution in [0.5, 0.6) is 11.5 Å². The van der Waals surface area contributed by atoms with Crippen molar-refractivity contribution in [2.45, 2.75) is 19.4 Å². The van der Waals surface area contributed by atoms with Crippen molar-refractivity contribution in [3.63, 3.8) is 0 Å². The van der Waals surface area contributed by atoms with E-state index >= 15 is 0 Å². The van der Waals surface area contributed by atoms with Crippen molar-refractivity contribution in [2.75, 3.05) is 14.2 Å². The average molecular weight is 407 g/mol. The summed E-state index contributed by atoms with van der Waals surface area (Å²) in [5, 5.41) is 2.64. The molecular weight excluding hydrogens is 384 g/mol. The van der Waals surface area contributed by atoms with Gasteiger partial charge in [-0.1, -0.05) is 36.4 Å². The van der Waals surface area contributed by atoms with Crippen LogP contribution in [-0.4, -0.2) is 23.8 Å². The zero-order valence-electron chi connectivity index (χ0n) is 16.4. The van der Waals surface area contributed by atoms with Gasteiger partial charge in [0.1, 0.15) is 4.83 Å². The Hall–Kier alpha value is -3.12. The van der Waals surface area contributed by atoms with E-state index in [4.69, 9.17) is 9.47 Å². The highest BCUT2D eigenvalue weighted by Gasteiger charge is 2.15. The zero-order chi connectivity index (χ0) is 20.2. The highest BCUT2D eigenvalue weighted by atomic mass is 32.1. The van der Waals surface area contributed by atoms with E-state index in [1.165, 1.54) is 16.9 Å². The van der Waals surface area contributed by atoms with Gasteiger partial charge in [0.15, 0.2) is 11.5 Å². The molecule has 0 amide bonds. The summed E-state index contributed by atoms with van der Waals surface area (Å²) in [6.45, 7) is 0.637. The van der Waals surface area contributed by atoms with E-state index in [0.29, 0.717) is 23.4 Å². The maximum absolute atomic E-state index is 13.2. The van der Waals surface area contributed by atoms with Gasteiger partial charge in [0.05, 0.1) is 25.9 Å². The standard InChI is InChI=1S/C23H22N2O3S/c1-27-19-11-10-17(13-20(19)28-2)18-14-29-22-21(18)23(26)25(15-24-22)12-6-9-16-7-4-3-5-8-16/h3-5,7-8,10-11,13-15H,6,9,12H2,1-2H3. The van der Waals surface area contributed by atoms with Gasteiger partial charge in [0, 0.05) is 17.5 Å². The van der Waals surface area contributed by atoms with Gasteiger partial charge in [-0.05, 0) is 36.1 Å². The third-order valence-corrected chi connectivity index (χ3v) is 5.85. The third-order valence-electron chi connectivity index (χ3n) is 4.96. The fourth-order valence-corrected chi connectivity index (χ4v) is 4.35. The second-order valence-corrected chi connectivity index (χ2v) is 7.59. The highest BCUT2D eigenvalue weighted by molar-refractivity contribution is 7.17. The van der Waals surface area contributed by atoms with Crippen LogP contribution < -0.4 is 15.0 Å². The summed E-state index contributed by atoms with van der Waals surface area (Å²) < 4.78 is 12.4. The molecule has 0 N–H and O–H groups in total. The van der Waals surface area contributed by atoms with Crippen molar-refractivity contribution >= 4 is 21.6 Å². The van der Waals surface area contributed by atoms with Crippen molar-refractivity contribution in [2.24, 2.45) is 0 Å². The number of aryl methyl sites for hydroxylation is 2. The molecule has 0 aliphatic carbocycles. The van der Waals surface area contributed by atoms with E-state index in [1.807, 2.05) is 41.8 Å². The Balaban J connectivity index is 1.65. The minimum absolute atomic E-state index is 0.00547. The number of hydrogen-bond acceptors (Lipinski definition) is 5. The van der Waals surface area contributed by atoms with Crippen molar-refractivity contribution in [3.05, 3.63) is 76.2 Å². The van der Waals surface area contributed by atoms with Gasteiger partial charge in [-0.25, -0.2) is 4.98 Å². The number of aromatic nitrogens is 2. The quantitative estimate of drug-likeness (QED) is 0.443. The molecule has 0 atom stereocenters. The molecule has 2 aromatic carbocycles. The second kappa shape index (κ2) is 8.49. The molecule has 148 valence electrons. The number of methoxy groups -OCH3 is 2. The Morgan fingerprint density at radius 1 is 1.03 bits per heavy atom. The number of thiophene rings is 1. The van der Waals surface area contributed by atoms with Crippen LogP contribution in [0.1, 0.15) is 12.0 Å². The lowest BCUT2D eigenvalue weighted by molar-refractivity contribution is 0.355. The molecule has 2 heterocycles. The van der Waals surface area contributed by atoms with Crippen LogP contribution >= 0.6 is 11.3 Å². The normalized spacial score (nSPS) is 11.0. The molecule has 4 rings (SSSR count). The molecule has 6 heteroatoms. The first-order chi connectivity index (χ1) is 14.2. The summed E-state index contributed by atoms with van der Waals surface area (Å²) in [4.78, 5) is 18.4. The van der Waals surface area contributed by atoms with E-state index in [0.717, 1.165) is 28.8 Å². The van der Waals surface area contributed by atoms with Gasteiger partial charge in [-0.2, -0.15) is 0 Å². The summed E-state index contributed by atoms with van der Waals surface area (Å²) in [6, 6.07) is 16.0. The molecule has 0 bridgehead atoms. The molecule has 29 heavy (non-hydrogen) atoms. The van der Waals surface area contributed by atoms with Crippen molar-refractivity contribution < 1.29 is 9.47 Å². The van der Waals surface area contributed by atoms with Crippen molar-refractivity contribution in [1.29, 1.82) is 0 Å². The van der Waals surface area contributed by atoms with Crippen LogP contribution in [0.2, 0.25) is 0 Å². The first-order valence-corrected chi connectivity index (χ1v) is 10.3. The van der Waals surface area contributed by atoms with Crippen LogP contribution in [0.4, 0.5) is 0 Å². The Bertz CT molecular complexity index is 1180. The van der Waals surface area contributed by atoms with E-state index in [-0.39, 0.29) is 5.56 Å². The molecule has 0 spiro atoms. The second-order valence-electron chi connectivity index (χ2n) is 6.73. The lowest BCUT2D eigenvalue weighted by Gasteiger charge is -2.10. The molecule has 0 saturated heterocycles. The number of ether oxygens (including phenoxy) is 2. The van der Waals surface area contributed by atoms with Gasteiger partial charge in [-0.3, -0.25) is 9.36 Å². The number of nitrogens with zero attached hydrogens (tertiary/aromatic N) is 2. The lowest BCUT2D eigenvalue weighted by atomic mass is 10.1. The van der Waals surface area contributed by atoms with Crippen LogP contribution in [0.3, 0.4) is 0 Å². The molecule has 0 saturated carbocycles. The third kappa shape index (κ3) is 3.89. The van der Waals surface area contributed by atoms with Crippen LogP contribution in [0, 0.1) is 0 Å². The van der Waals surface area contributed by atoms with Crippen molar-refractivity contribution in [3.8, 4) is 22.6 Å². The summed E-state index contributed by atoms with van der Waals surface area (Å²) >= 11 is 1.48. The van der Waals surface area contributed by atoms with Gasteiger partial charge in [0.25, 0.3) is 5.56 Å². The molecule has 4 aromatic rings. The predicted molar refractivity (Wildman–Crippen MR) is 117 cm³/mol. The summed E-state index contributed by atoms with van der Waals surface area (Å²) in [5.74, 6) is 1.30. The molecule has 0 aliphatic rings. The fraction of sp³-hybridized carbons (Fsp3) is 0.217. The Kier molecular flexibility index (Phi) is 5.62. The summed E-state index contributed by atoms with van der Waals surface area (Å²) in [7, 11) is 3.21. The minimum atomic E-state index is -0.00547. The number of benzene rings is 2. The number of fused-ring (bicyclic) bond motifs is 1. The van der Waals surface area contributed by atoms with Gasteiger partial charge >= 0.3 is 0 Å². The molecule has 2 aromatic heterocycles. The fourth-order valence-electron chi connectivity index (χ4n) is 3.44. The van der Waals surface area contributed by atoms with E-state index in [1.54, 1.807) is 25.1 Å². The number of rotatable bonds is 7. The largest absolute Gasteiger partial charge is 0.493 e. The molecule has 0 aliphatic heterocycles. The van der Waals surface area contributed by atoms with Crippen molar-refractivity contribution in [1.82, 2.24) is 9.55 Å². The van der Waals surface area contributed by atoms with E-state index in [2.05, 4.69) is 17.1 Å². The first-order valence-electron chi connectivity index (χ1n) is 9.44. The Labute approximate surface area is 173 Å². The number of hydrogen-bond donors (Lipinski definition) is 0. The molecular formula is C23H22N2O3S. The maximum Gasteiger partial charge on any atom is 0.262 e. The monoisotopic (exact) mass is 406 g/mol. The van der Waals surface area contributed by atoms with E-state index in [9.17, 15) is 4.79 Å². The molecule has 0 unspecified atom stereocenters. The predicted octanol–water partition coefficient (Wildman–Crippen LogP) is 4.78. The maximum atomic E-state index is 13.2. The minimum Gasteiger partial charge on any atom is -0.493 e.